The van der Waals surface area contributed by atoms with Crippen LogP contribution in [0.25, 0.3) is 0 Å². The summed E-state index contributed by atoms with van der Waals surface area (Å²) in [5.41, 5.74) is 1.56. The number of likely N-dealkylation sites (tertiary alicyclic amines) is 1. The van der Waals surface area contributed by atoms with E-state index in [2.05, 4.69) is 4.90 Å². The Hall–Kier alpha value is -1.91. The molecule has 0 amide bonds. The molecule has 0 radical (unpaired) electrons. The van der Waals surface area contributed by atoms with E-state index in [-0.39, 0.29) is 23.4 Å². The molecular formula is C19H19ClFNO2. The third-order valence-corrected chi connectivity index (χ3v) is 4.87. The molecule has 2 aromatic carbocycles. The molecule has 0 aromatic heterocycles. The molecule has 1 aliphatic heterocycles. The number of rotatable bonds is 4. The first-order valence-electron chi connectivity index (χ1n) is 7.81. The fraction of sp³-hybridized carbons (Fsp3) is 0.316. The molecule has 0 spiro atoms. The van der Waals surface area contributed by atoms with E-state index in [4.69, 9.17) is 16.3 Å². The van der Waals surface area contributed by atoms with Crippen LogP contribution in [0.4, 0.5) is 4.39 Å². The van der Waals surface area contributed by atoms with Gasteiger partial charge in [0.1, 0.15) is 11.6 Å². The second-order valence-corrected chi connectivity index (χ2v) is 6.61. The minimum absolute atomic E-state index is 0.0382. The van der Waals surface area contributed by atoms with E-state index >= 15 is 0 Å². The Kier molecular flexibility index (Phi) is 4.88. The van der Waals surface area contributed by atoms with Gasteiger partial charge in [-0.1, -0.05) is 17.7 Å². The number of hydrogen-bond donors (Lipinski definition) is 0. The SMILES string of the molecule is COc1ccc([C@@H]2CN(C)C[C@@H]2C(=O)c2ccc(F)cc2)cc1Cl. The number of benzene rings is 2. The molecule has 0 unspecified atom stereocenters. The van der Waals surface area contributed by atoms with E-state index in [1.54, 1.807) is 19.2 Å². The minimum Gasteiger partial charge on any atom is -0.495 e. The van der Waals surface area contributed by atoms with Gasteiger partial charge >= 0.3 is 0 Å². The van der Waals surface area contributed by atoms with Crippen molar-refractivity contribution >= 4 is 17.4 Å². The highest BCUT2D eigenvalue weighted by Gasteiger charge is 2.37. The standard InChI is InChI=1S/C19H19ClFNO2/c1-22-10-15(13-5-8-18(24-2)17(20)9-13)16(11-22)19(23)12-3-6-14(21)7-4-12/h3-9,15-16H,10-11H2,1-2H3/t15-,16-/m0/s1. The molecule has 0 aliphatic carbocycles. The highest BCUT2D eigenvalue weighted by molar-refractivity contribution is 6.32. The number of likely N-dealkylation sites (N-methyl/N-ethyl adjacent to an activating group) is 1. The lowest BCUT2D eigenvalue weighted by atomic mass is 9.84. The quantitative estimate of drug-likeness (QED) is 0.782. The second-order valence-electron chi connectivity index (χ2n) is 6.20. The summed E-state index contributed by atoms with van der Waals surface area (Å²) in [6.07, 6.45) is 0. The lowest BCUT2D eigenvalue weighted by Gasteiger charge is -2.19. The van der Waals surface area contributed by atoms with E-state index in [0.29, 0.717) is 22.9 Å². The van der Waals surface area contributed by atoms with E-state index in [9.17, 15) is 9.18 Å². The van der Waals surface area contributed by atoms with Crippen LogP contribution in [0.1, 0.15) is 21.8 Å². The van der Waals surface area contributed by atoms with Crippen LogP contribution < -0.4 is 4.74 Å². The molecule has 2 aromatic rings. The molecule has 0 saturated carbocycles. The second kappa shape index (κ2) is 6.91. The number of Topliss-reactive ketones (excluding diaryl/α,β-unsaturated/α-hetero) is 1. The molecule has 3 rings (SSSR count). The zero-order valence-electron chi connectivity index (χ0n) is 13.6. The molecule has 24 heavy (non-hydrogen) atoms. The van der Waals surface area contributed by atoms with Gasteiger partial charge < -0.3 is 9.64 Å². The number of ketones is 1. The largest absolute Gasteiger partial charge is 0.495 e. The lowest BCUT2D eigenvalue weighted by molar-refractivity contribution is 0.0915. The molecule has 1 aliphatic rings. The van der Waals surface area contributed by atoms with Crippen molar-refractivity contribution in [3.05, 3.63) is 64.4 Å². The van der Waals surface area contributed by atoms with Crippen LogP contribution in [0.5, 0.6) is 5.75 Å². The van der Waals surface area contributed by atoms with Gasteiger partial charge in [0.05, 0.1) is 12.1 Å². The fourth-order valence-electron chi connectivity index (χ4n) is 3.35. The van der Waals surface area contributed by atoms with Gasteiger partial charge in [-0.05, 0) is 49.0 Å². The van der Waals surface area contributed by atoms with E-state index in [1.807, 2.05) is 25.2 Å². The summed E-state index contributed by atoms with van der Waals surface area (Å²) >= 11 is 6.24. The summed E-state index contributed by atoms with van der Waals surface area (Å²) in [5, 5.41) is 0.539. The fourth-order valence-corrected chi connectivity index (χ4v) is 3.61. The highest BCUT2D eigenvalue weighted by atomic mass is 35.5. The summed E-state index contributed by atoms with van der Waals surface area (Å²) < 4.78 is 18.3. The van der Waals surface area contributed by atoms with Crippen molar-refractivity contribution < 1.29 is 13.9 Å². The van der Waals surface area contributed by atoms with Crippen molar-refractivity contribution in [3.63, 3.8) is 0 Å². The zero-order valence-corrected chi connectivity index (χ0v) is 14.4. The van der Waals surface area contributed by atoms with Gasteiger partial charge in [-0.25, -0.2) is 4.39 Å². The summed E-state index contributed by atoms with van der Waals surface area (Å²) in [6.45, 7) is 1.45. The predicted octanol–water partition coefficient (Wildman–Crippen LogP) is 4.02. The van der Waals surface area contributed by atoms with Gasteiger partial charge in [-0.15, -0.1) is 0 Å². The first kappa shape index (κ1) is 16.9. The van der Waals surface area contributed by atoms with Gasteiger partial charge in [0.15, 0.2) is 5.78 Å². The monoisotopic (exact) mass is 347 g/mol. The molecule has 5 heteroatoms. The van der Waals surface area contributed by atoms with Crippen molar-refractivity contribution in [2.75, 3.05) is 27.2 Å². The van der Waals surface area contributed by atoms with Gasteiger partial charge in [0.2, 0.25) is 0 Å². The Morgan fingerprint density at radius 2 is 1.92 bits per heavy atom. The molecule has 0 N–H and O–H groups in total. The van der Waals surface area contributed by atoms with Crippen LogP contribution >= 0.6 is 11.6 Å². The molecule has 2 atom stereocenters. The number of hydrogen-bond acceptors (Lipinski definition) is 3. The number of carbonyl (C=O) groups excluding carboxylic acids is 1. The highest BCUT2D eigenvalue weighted by Crippen LogP contribution is 2.37. The average Bonchev–Trinajstić information content (AvgIpc) is 2.96. The van der Waals surface area contributed by atoms with E-state index < -0.39 is 0 Å². The van der Waals surface area contributed by atoms with Crippen LogP contribution in [-0.2, 0) is 0 Å². The number of methoxy groups -OCH3 is 1. The third-order valence-electron chi connectivity index (χ3n) is 4.57. The van der Waals surface area contributed by atoms with Gasteiger partial charge in [0, 0.05) is 30.5 Å². The average molecular weight is 348 g/mol. The van der Waals surface area contributed by atoms with Crippen LogP contribution in [0, 0.1) is 11.7 Å². The summed E-state index contributed by atoms with van der Waals surface area (Å²) in [5.74, 6) is 0.193. The Labute approximate surface area is 146 Å². The zero-order chi connectivity index (χ0) is 17.3. The molecule has 3 nitrogen and oxygen atoms in total. The Bertz CT molecular complexity index is 748. The molecule has 1 heterocycles. The molecule has 1 fully saturated rings. The van der Waals surface area contributed by atoms with Gasteiger partial charge in [-0.2, -0.15) is 0 Å². The number of halogens is 2. The van der Waals surface area contributed by atoms with Crippen molar-refractivity contribution in [1.82, 2.24) is 4.90 Å². The molecule has 1 saturated heterocycles. The van der Waals surface area contributed by atoms with Crippen molar-refractivity contribution in [2.45, 2.75) is 5.92 Å². The molecule has 126 valence electrons. The van der Waals surface area contributed by atoms with Crippen LogP contribution in [0.3, 0.4) is 0 Å². The number of ether oxygens (including phenoxy) is 1. The van der Waals surface area contributed by atoms with Crippen LogP contribution in [-0.4, -0.2) is 37.9 Å². The maximum absolute atomic E-state index is 13.1. The Balaban J connectivity index is 1.90. The van der Waals surface area contributed by atoms with Crippen molar-refractivity contribution in [2.24, 2.45) is 5.92 Å². The number of carbonyl (C=O) groups is 1. The van der Waals surface area contributed by atoms with Crippen molar-refractivity contribution in [3.8, 4) is 5.75 Å². The topological polar surface area (TPSA) is 29.5 Å². The van der Waals surface area contributed by atoms with Crippen molar-refractivity contribution in [1.29, 1.82) is 0 Å². The first-order valence-corrected chi connectivity index (χ1v) is 8.19. The van der Waals surface area contributed by atoms with E-state index in [0.717, 1.165) is 12.1 Å². The molecular weight excluding hydrogens is 329 g/mol. The predicted molar refractivity (Wildman–Crippen MR) is 92.5 cm³/mol. The summed E-state index contributed by atoms with van der Waals surface area (Å²) in [7, 11) is 3.57. The Morgan fingerprint density at radius 1 is 1.21 bits per heavy atom. The van der Waals surface area contributed by atoms with Gasteiger partial charge in [0.25, 0.3) is 0 Å². The maximum atomic E-state index is 13.1. The summed E-state index contributed by atoms with van der Waals surface area (Å²) in [4.78, 5) is 15.0. The first-order chi connectivity index (χ1) is 11.5. The minimum atomic E-state index is -0.339. The van der Waals surface area contributed by atoms with Gasteiger partial charge in [-0.3, -0.25) is 4.79 Å². The maximum Gasteiger partial charge on any atom is 0.167 e. The smallest absolute Gasteiger partial charge is 0.167 e. The number of nitrogens with zero attached hydrogens (tertiary/aromatic N) is 1. The molecule has 0 bridgehead atoms. The summed E-state index contributed by atoms with van der Waals surface area (Å²) in [6, 6.07) is 11.4. The van der Waals surface area contributed by atoms with Crippen LogP contribution in [0.15, 0.2) is 42.5 Å². The normalized spacial score (nSPS) is 21.0. The Morgan fingerprint density at radius 3 is 2.54 bits per heavy atom. The third kappa shape index (κ3) is 3.30. The lowest BCUT2D eigenvalue weighted by Crippen LogP contribution is -2.22. The van der Waals surface area contributed by atoms with E-state index in [1.165, 1.54) is 12.1 Å². The van der Waals surface area contributed by atoms with Crippen LogP contribution in [0.2, 0.25) is 5.02 Å².